The van der Waals surface area contributed by atoms with Crippen molar-refractivity contribution in [3.8, 4) is 0 Å². The SMILES string of the molecule is C1=CC2B3c4ccccc4N(c4ccccc4)C4C=CC=C(C34)N(c3ccccc3)C2C=C1. The van der Waals surface area contributed by atoms with Crippen LogP contribution in [0.1, 0.15) is 0 Å². The smallest absolute Gasteiger partial charge is 0.200 e. The van der Waals surface area contributed by atoms with Gasteiger partial charge in [0.2, 0.25) is 0 Å². The number of anilines is 3. The minimum atomic E-state index is 0.277. The molecule has 0 N–H and O–H groups in total. The summed E-state index contributed by atoms with van der Waals surface area (Å²) in [5, 5.41) is 0. The molecule has 4 unspecified atom stereocenters. The zero-order valence-electron chi connectivity index (χ0n) is 18.4. The van der Waals surface area contributed by atoms with Crippen LogP contribution in [0, 0.1) is 0 Å². The van der Waals surface area contributed by atoms with Crippen molar-refractivity contribution in [3.63, 3.8) is 0 Å². The standard InChI is InChI=1S/C30H25BN2/c1-3-12-22(13-4-1)32-26-18-9-7-16-24(26)31-25-17-8-10-19-27(25)33(23-14-5-2-6-15-23)29-21-11-20-28(32)30(29)31/h1-21,24,26,29-30H. The highest BCUT2D eigenvalue weighted by molar-refractivity contribution is 6.80. The first kappa shape index (κ1) is 18.8. The van der Waals surface area contributed by atoms with Crippen LogP contribution in [0.5, 0.6) is 0 Å². The lowest BCUT2D eigenvalue weighted by Gasteiger charge is -2.57. The maximum Gasteiger partial charge on any atom is 0.200 e. The number of hydrogen-bond donors (Lipinski definition) is 0. The molecule has 4 aliphatic rings. The highest BCUT2D eigenvalue weighted by Crippen LogP contribution is 2.53. The monoisotopic (exact) mass is 424 g/mol. The summed E-state index contributed by atoms with van der Waals surface area (Å²) in [4.78, 5) is 5.16. The van der Waals surface area contributed by atoms with E-state index in [2.05, 4.69) is 137 Å². The summed E-state index contributed by atoms with van der Waals surface area (Å²) in [6, 6.07) is 31.5. The molecule has 3 aromatic rings. The Kier molecular flexibility index (Phi) is 4.23. The number of rotatable bonds is 2. The Bertz CT molecular complexity index is 1310. The second-order valence-electron chi connectivity index (χ2n) is 9.33. The van der Waals surface area contributed by atoms with Gasteiger partial charge in [0.15, 0.2) is 6.71 Å². The third-order valence-electron chi connectivity index (χ3n) is 7.73. The van der Waals surface area contributed by atoms with Gasteiger partial charge in [0.1, 0.15) is 0 Å². The van der Waals surface area contributed by atoms with E-state index in [1.54, 1.807) is 0 Å². The molecular weight excluding hydrogens is 399 g/mol. The van der Waals surface area contributed by atoms with Crippen molar-refractivity contribution in [2.24, 2.45) is 0 Å². The van der Waals surface area contributed by atoms with Gasteiger partial charge in [-0.2, -0.15) is 0 Å². The number of para-hydroxylation sites is 3. The zero-order valence-corrected chi connectivity index (χ0v) is 18.4. The molecule has 3 aromatic carbocycles. The van der Waals surface area contributed by atoms with E-state index in [4.69, 9.17) is 0 Å². The minimum absolute atomic E-state index is 0.277. The van der Waals surface area contributed by atoms with Gasteiger partial charge in [-0.3, -0.25) is 0 Å². The van der Waals surface area contributed by atoms with Gasteiger partial charge in [0.05, 0.1) is 12.1 Å². The van der Waals surface area contributed by atoms with Gasteiger partial charge in [-0.15, -0.1) is 0 Å². The molecule has 33 heavy (non-hydrogen) atoms. The Hall–Kier alpha value is -3.72. The van der Waals surface area contributed by atoms with Gasteiger partial charge < -0.3 is 9.80 Å². The molecule has 2 heterocycles. The van der Waals surface area contributed by atoms with Crippen LogP contribution in [-0.4, -0.2) is 18.8 Å². The molecule has 0 saturated carbocycles. The molecule has 2 aliphatic carbocycles. The van der Waals surface area contributed by atoms with Crippen molar-refractivity contribution in [2.45, 2.75) is 23.7 Å². The fraction of sp³-hybridized carbons (Fsp3) is 0.133. The third kappa shape index (κ3) is 2.75. The average Bonchev–Trinajstić information content (AvgIpc) is 2.89. The lowest BCUT2D eigenvalue weighted by Crippen LogP contribution is -2.63. The summed E-state index contributed by atoms with van der Waals surface area (Å²) in [5.74, 6) is 0.799. The number of allylic oxidation sites excluding steroid dienone is 4. The fourth-order valence-electron chi connectivity index (χ4n) is 6.53. The Labute approximate surface area is 195 Å². The summed E-state index contributed by atoms with van der Waals surface area (Å²) in [7, 11) is 0. The quantitative estimate of drug-likeness (QED) is 0.458. The van der Waals surface area contributed by atoms with Gasteiger partial charge in [-0.1, -0.05) is 96.5 Å². The molecule has 0 bridgehead atoms. The van der Waals surface area contributed by atoms with Crippen LogP contribution in [0.2, 0.25) is 11.6 Å². The number of hydrogen-bond acceptors (Lipinski definition) is 2. The van der Waals surface area contributed by atoms with Gasteiger partial charge >= 0.3 is 0 Å². The van der Waals surface area contributed by atoms with Crippen molar-refractivity contribution in [2.75, 3.05) is 9.80 Å². The molecule has 1 saturated heterocycles. The largest absolute Gasteiger partial charge is 0.339 e. The second-order valence-corrected chi connectivity index (χ2v) is 9.33. The maximum atomic E-state index is 2.60. The molecule has 158 valence electrons. The fourth-order valence-corrected chi connectivity index (χ4v) is 6.53. The van der Waals surface area contributed by atoms with E-state index in [0.717, 1.165) is 0 Å². The maximum absolute atomic E-state index is 2.60. The van der Waals surface area contributed by atoms with Crippen molar-refractivity contribution >= 4 is 29.2 Å². The Morgan fingerprint density at radius 1 is 0.576 bits per heavy atom. The van der Waals surface area contributed by atoms with E-state index in [9.17, 15) is 0 Å². The van der Waals surface area contributed by atoms with E-state index in [-0.39, 0.29) is 6.04 Å². The molecule has 0 spiro atoms. The van der Waals surface area contributed by atoms with Crippen LogP contribution >= 0.6 is 0 Å². The van der Waals surface area contributed by atoms with E-state index in [1.807, 2.05) is 0 Å². The highest BCUT2D eigenvalue weighted by Gasteiger charge is 2.55. The first-order valence-corrected chi connectivity index (χ1v) is 11.9. The third-order valence-corrected chi connectivity index (χ3v) is 7.73. The van der Waals surface area contributed by atoms with E-state index in [1.165, 1.54) is 28.2 Å². The van der Waals surface area contributed by atoms with Crippen molar-refractivity contribution in [1.82, 2.24) is 0 Å². The molecule has 3 heteroatoms. The molecule has 2 nitrogen and oxygen atoms in total. The predicted molar refractivity (Wildman–Crippen MR) is 140 cm³/mol. The number of fused-ring (bicyclic) bond motifs is 4. The minimum Gasteiger partial charge on any atom is -0.339 e. The van der Waals surface area contributed by atoms with Crippen molar-refractivity contribution in [1.29, 1.82) is 0 Å². The van der Waals surface area contributed by atoms with Crippen LogP contribution in [-0.2, 0) is 0 Å². The van der Waals surface area contributed by atoms with Gasteiger partial charge in [-0.25, -0.2) is 0 Å². The predicted octanol–water partition coefficient (Wildman–Crippen LogP) is 6.12. The van der Waals surface area contributed by atoms with Crippen LogP contribution in [0.15, 0.2) is 133 Å². The normalized spacial score (nSPS) is 26.4. The van der Waals surface area contributed by atoms with Crippen LogP contribution in [0.4, 0.5) is 17.1 Å². The molecule has 0 amide bonds. The van der Waals surface area contributed by atoms with Gasteiger partial charge in [0, 0.05) is 28.6 Å². The first-order valence-electron chi connectivity index (χ1n) is 11.9. The molecule has 0 radical (unpaired) electrons. The number of benzene rings is 3. The van der Waals surface area contributed by atoms with Crippen LogP contribution in [0.3, 0.4) is 0 Å². The first-order chi connectivity index (χ1) is 16.4. The van der Waals surface area contributed by atoms with Crippen LogP contribution in [0.25, 0.3) is 0 Å². The summed E-state index contributed by atoms with van der Waals surface area (Å²) >= 11 is 0. The molecule has 7 rings (SSSR count). The summed E-state index contributed by atoms with van der Waals surface area (Å²) in [6.07, 6.45) is 16.4. The Morgan fingerprint density at radius 2 is 1.21 bits per heavy atom. The Balaban J connectivity index is 1.47. The van der Waals surface area contributed by atoms with Crippen LogP contribution < -0.4 is 15.3 Å². The molecule has 0 aromatic heterocycles. The molecular formula is C30H25BN2. The second kappa shape index (κ2) is 7.42. The highest BCUT2D eigenvalue weighted by atomic mass is 15.2. The summed E-state index contributed by atoms with van der Waals surface area (Å²) in [6.45, 7) is 0.438. The van der Waals surface area contributed by atoms with Gasteiger partial charge in [0.25, 0.3) is 0 Å². The van der Waals surface area contributed by atoms with Gasteiger partial charge in [-0.05, 0) is 42.2 Å². The molecule has 1 fully saturated rings. The van der Waals surface area contributed by atoms with E-state index < -0.39 is 0 Å². The average molecular weight is 424 g/mol. The zero-order chi connectivity index (χ0) is 21.8. The Morgan fingerprint density at radius 3 is 2.00 bits per heavy atom. The summed E-state index contributed by atoms with van der Waals surface area (Å²) in [5.41, 5.74) is 6.76. The summed E-state index contributed by atoms with van der Waals surface area (Å²) < 4.78 is 0. The van der Waals surface area contributed by atoms with Crippen molar-refractivity contribution in [3.05, 3.63) is 133 Å². The lowest BCUT2D eigenvalue weighted by molar-refractivity contribution is 0.617. The van der Waals surface area contributed by atoms with E-state index >= 15 is 0 Å². The lowest BCUT2D eigenvalue weighted by atomic mass is 9.24. The number of nitrogens with zero attached hydrogens (tertiary/aromatic N) is 2. The van der Waals surface area contributed by atoms with E-state index in [0.29, 0.717) is 24.4 Å². The van der Waals surface area contributed by atoms with Crippen molar-refractivity contribution < 1.29 is 0 Å². The topological polar surface area (TPSA) is 6.48 Å². The molecule has 2 aliphatic heterocycles. The molecule has 4 atom stereocenters.